The van der Waals surface area contributed by atoms with Gasteiger partial charge in [-0.2, -0.15) is 38.1 Å². The van der Waals surface area contributed by atoms with Crippen molar-refractivity contribution >= 4 is 31.4 Å². The second-order valence-electron chi connectivity index (χ2n) is 4.68. The first kappa shape index (κ1) is 24.8. The summed E-state index contributed by atoms with van der Waals surface area (Å²) < 4.78 is 122. The highest BCUT2D eigenvalue weighted by molar-refractivity contribution is 8.09. The first-order chi connectivity index (χ1) is 11.1. The van der Waals surface area contributed by atoms with Gasteiger partial charge < -0.3 is 10.5 Å². The van der Waals surface area contributed by atoms with Crippen molar-refractivity contribution in [2.24, 2.45) is 5.73 Å². The van der Waals surface area contributed by atoms with Gasteiger partial charge in [-0.25, -0.2) is 16.8 Å². The van der Waals surface area contributed by atoms with Gasteiger partial charge in [-0.1, -0.05) is 6.92 Å². The molecule has 0 saturated heterocycles. The lowest BCUT2D eigenvalue weighted by molar-refractivity contribution is -0.0474. The quantitative estimate of drug-likeness (QED) is 0.406. The van der Waals surface area contributed by atoms with E-state index in [4.69, 9.17) is 10.5 Å². The molecule has 15 heteroatoms. The van der Waals surface area contributed by atoms with Crippen LogP contribution in [0.1, 0.15) is 13.3 Å². The Kier molecular flexibility index (Phi) is 9.01. The van der Waals surface area contributed by atoms with Crippen molar-refractivity contribution < 1.29 is 47.9 Å². The normalized spacial score (nSPS) is 15.6. The molecular weight excluding hydrogens is 424 g/mol. The zero-order valence-corrected chi connectivity index (χ0v) is 15.3. The van der Waals surface area contributed by atoms with E-state index in [-0.39, 0.29) is 6.61 Å². The number of nitrogens with two attached hydrogens (primary N) is 1. The summed E-state index contributed by atoms with van der Waals surface area (Å²) in [6.07, 6.45) is -1.61. The predicted octanol–water partition coefficient (Wildman–Crippen LogP) is 1.67. The number of sulfone groups is 2. The second kappa shape index (κ2) is 9.10. The van der Waals surface area contributed by atoms with E-state index in [9.17, 15) is 43.2 Å². The molecule has 0 fully saturated rings. The summed E-state index contributed by atoms with van der Waals surface area (Å²) in [5.74, 6) is 1.21. The van der Waals surface area contributed by atoms with Crippen LogP contribution in [0.2, 0.25) is 0 Å². The maximum absolute atomic E-state index is 12.5. The Bertz CT molecular complexity index is 572. The highest BCUT2D eigenvalue weighted by Gasteiger charge is 2.62. The zero-order valence-electron chi connectivity index (χ0n) is 12.8. The maximum atomic E-state index is 12.5. The van der Waals surface area contributed by atoms with Crippen LogP contribution in [0, 0.1) is 0 Å². The topological polar surface area (TPSA) is 104 Å². The summed E-state index contributed by atoms with van der Waals surface area (Å²) in [6, 6.07) is -1.66. The fourth-order valence-electron chi connectivity index (χ4n) is 1.53. The van der Waals surface area contributed by atoms with Crippen LogP contribution in [0.3, 0.4) is 0 Å². The van der Waals surface area contributed by atoms with E-state index >= 15 is 0 Å². The molecule has 0 heterocycles. The summed E-state index contributed by atoms with van der Waals surface area (Å²) in [4.78, 5) is 0. The smallest absolute Gasteiger partial charge is 0.379 e. The lowest BCUT2D eigenvalue weighted by Gasteiger charge is -2.23. The number of alkyl halides is 6. The molecule has 0 saturated carbocycles. The molecule has 1 atom stereocenters. The molecule has 25 heavy (non-hydrogen) atoms. The summed E-state index contributed by atoms with van der Waals surface area (Å²) in [6.45, 7) is 1.31. The van der Waals surface area contributed by atoms with E-state index in [2.05, 4.69) is 0 Å². The Morgan fingerprint density at radius 3 is 1.80 bits per heavy atom. The molecule has 0 aliphatic heterocycles. The molecule has 2 N–H and O–H groups in total. The summed E-state index contributed by atoms with van der Waals surface area (Å²) in [5.41, 5.74) is -7.10. The van der Waals surface area contributed by atoms with Crippen LogP contribution in [0.5, 0.6) is 0 Å². The van der Waals surface area contributed by atoms with Gasteiger partial charge in [0, 0.05) is 11.8 Å². The predicted molar refractivity (Wildman–Crippen MR) is 80.1 cm³/mol. The number of ether oxygens (including phenoxy) is 1. The number of thioether (sulfide) groups is 1. The SMILES string of the molecule is CCSCCOCC(N)CC(S(=O)(=O)C(F)(F)F)S(=O)(=O)C(F)(F)F. The van der Waals surface area contributed by atoms with Crippen LogP contribution in [-0.2, 0) is 24.4 Å². The van der Waals surface area contributed by atoms with Crippen molar-refractivity contribution in [3.05, 3.63) is 0 Å². The van der Waals surface area contributed by atoms with E-state index in [1.807, 2.05) is 6.92 Å². The third-order valence-corrected chi connectivity index (χ3v) is 8.18. The van der Waals surface area contributed by atoms with Crippen LogP contribution < -0.4 is 5.73 Å². The van der Waals surface area contributed by atoms with E-state index in [1.54, 1.807) is 0 Å². The Morgan fingerprint density at radius 1 is 1.00 bits per heavy atom. The van der Waals surface area contributed by atoms with Crippen LogP contribution in [0.4, 0.5) is 26.3 Å². The molecular formula is C10H17F6NO5S3. The van der Waals surface area contributed by atoms with E-state index in [1.165, 1.54) is 11.8 Å². The van der Waals surface area contributed by atoms with Crippen molar-refractivity contribution in [1.29, 1.82) is 0 Å². The number of rotatable bonds is 10. The molecule has 0 aliphatic carbocycles. The van der Waals surface area contributed by atoms with Crippen molar-refractivity contribution in [3.63, 3.8) is 0 Å². The minimum atomic E-state index is -6.66. The molecule has 1 unspecified atom stereocenters. The minimum absolute atomic E-state index is 0.0644. The van der Waals surface area contributed by atoms with Crippen molar-refractivity contribution in [2.75, 3.05) is 24.7 Å². The van der Waals surface area contributed by atoms with Gasteiger partial charge in [-0.15, -0.1) is 0 Å². The van der Waals surface area contributed by atoms with Gasteiger partial charge in [0.25, 0.3) is 19.7 Å². The Labute approximate surface area is 145 Å². The molecule has 0 radical (unpaired) electrons. The summed E-state index contributed by atoms with van der Waals surface area (Å²) >= 11 is 1.43. The molecule has 6 nitrogen and oxygen atoms in total. The van der Waals surface area contributed by atoms with Gasteiger partial charge in [-0.3, -0.25) is 0 Å². The highest BCUT2D eigenvalue weighted by Crippen LogP contribution is 2.37. The van der Waals surface area contributed by atoms with Gasteiger partial charge in [-0.05, 0) is 12.2 Å². The average Bonchev–Trinajstić information content (AvgIpc) is 2.41. The summed E-state index contributed by atoms with van der Waals surface area (Å²) in [7, 11) is -13.3. The van der Waals surface area contributed by atoms with Crippen molar-refractivity contribution in [3.8, 4) is 0 Å². The molecule has 0 aliphatic rings. The lowest BCUT2D eigenvalue weighted by atomic mass is 10.2. The fraction of sp³-hybridized carbons (Fsp3) is 1.00. The molecule has 0 rings (SSSR count). The van der Waals surface area contributed by atoms with Crippen molar-refractivity contribution in [2.45, 2.75) is 35.0 Å². The first-order valence-corrected chi connectivity index (χ1v) is 10.8. The summed E-state index contributed by atoms with van der Waals surface area (Å²) in [5, 5.41) is 0. The molecule has 0 spiro atoms. The van der Waals surface area contributed by atoms with Gasteiger partial charge >= 0.3 is 11.0 Å². The van der Waals surface area contributed by atoms with E-state index < -0.39 is 54.3 Å². The molecule has 0 bridgehead atoms. The standard InChI is InChI=1S/C10H17F6NO5S3/c1-2-23-4-3-22-6-7(17)5-8(24(18,19)9(11,12)13)25(20,21)10(14,15)16/h7-8H,2-6,17H2,1H3. The number of hydrogen-bond donors (Lipinski definition) is 1. The lowest BCUT2D eigenvalue weighted by Crippen LogP contribution is -2.48. The number of halogens is 6. The Balaban J connectivity index is 5.39. The van der Waals surface area contributed by atoms with Crippen LogP contribution >= 0.6 is 11.8 Å². The second-order valence-corrected chi connectivity index (χ2v) is 10.6. The Morgan fingerprint density at radius 2 is 1.44 bits per heavy atom. The molecule has 0 aromatic rings. The largest absolute Gasteiger partial charge is 0.498 e. The van der Waals surface area contributed by atoms with Crippen LogP contribution in [0.15, 0.2) is 0 Å². The Hall–Kier alpha value is -0.250. The van der Waals surface area contributed by atoms with E-state index in [0.717, 1.165) is 5.75 Å². The molecule has 0 aromatic carbocycles. The fourth-order valence-corrected chi connectivity index (χ4v) is 5.64. The van der Waals surface area contributed by atoms with E-state index in [0.29, 0.717) is 5.75 Å². The highest BCUT2D eigenvalue weighted by atomic mass is 32.3. The zero-order chi connectivity index (χ0) is 20.1. The first-order valence-electron chi connectivity index (χ1n) is 6.60. The number of hydrogen-bond acceptors (Lipinski definition) is 7. The molecule has 0 aromatic heterocycles. The van der Waals surface area contributed by atoms with Gasteiger partial charge in [0.1, 0.15) is 0 Å². The minimum Gasteiger partial charge on any atom is -0.379 e. The van der Waals surface area contributed by atoms with Gasteiger partial charge in [0.15, 0.2) is 4.58 Å². The van der Waals surface area contributed by atoms with Gasteiger partial charge in [0.05, 0.1) is 13.2 Å². The third-order valence-electron chi connectivity index (χ3n) is 2.74. The maximum Gasteiger partial charge on any atom is 0.498 e. The van der Waals surface area contributed by atoms with Gasteiger partial charge in [0.2, 0.25) is 0 Å². The monoisotopic (exact) mass is 441 g/mol. The molecule has 152 valence electrons. The molecule has 0 amide bonds. The average molecular weight is 441 g/mol. The third kappa shape index (κ3) is 6.77. The van der Waals surface area contributed by atoms with Crippen LogP contribution in [-0.4, -0.2) is 63.2 Å². The van der Waals surface area contributed by atoms with Crippen LogP contribution in [0.25, 0.3) is 0 Å². The van der Waals surface area contributed by atoms with Crippen molar-refractivity contribution in [1.82, 2.24) is 0 Å².